The Morgan fingerprint density at radius 2 is 0.586 bits per heavy atom. The summed E-state index contributed by atoms with van der Waals surface area (Å²) < 4.78 is 16.8. The van der Waals surface area contributed by atoms with Crippen LogP contribution in [0.5, 0.6) is 0 Å². The highest BCUT2D eigenvalue weighted by Crippen LogP contribution is 2.14. The van der Waals surface area contributed by atoms with Gasteiger partial charge in [0.1, 0.15) is 13.2 Å². The summed E-state index contributed by atoms with van der Waals surface area (Å²) >= 11 is 0. The van der Waals surface area contributed by atoms with E-state index < -0.39 is 6.10 Å². The van der Waals surface area contributed by atoms with E-state index in [0.717, 1.165) is 89.9 Å². The van der Waals surface area contributed by atoms with Gasteiger partial charge in [-0.1, -0.05) is 240 Å². The average molecular weight is 974 g/mol. The van der Waals surface area contributed by atoms with Crippen molar-refractivity contribution < 1.29 is 28.6 Å². The van der Waals surface area contributed by atoms with E-state index >= 15 is 0 Å². The number of allylic oxidation sites excluding steroid dienone is 16. The zero-order valence-electron chi connectivity index (χ0n) is 45.8. The number of ether oxygens (including phenoxy) is 3. The van der Waals surface area contributed by atoms with Gasteiger partial charge in [0.15, 0.2) is 6.10 Å². The fourth-order valence-electron chi connectivity index (χ4n) is 7.93. The highest BCUT2D eigenvalue weighted by molar-refractivity contribution is 5.71. The lowest BCUT2D eigenvalue weighted by Gasteiger charge is -2.18. The van der Waals surface area contributed by atoms with Gasteiger partial charge in [-0.15, -0.1) is 0 Å². The maximum Gasteiger partial charge on any atom is 0.306 e. The van der Waals surface area contributed by atoms with Crippen LogP contribution in [-0.4, -0.2) is 37.2 Å². The van der Waals surface area contributed by atoms with Crippen molar-refractivity contribution in [3.63, 3.8) is 0 Å². The molecule has 70 heavy (non-hydrogen) atoms. The molecule has 0 aromatic carbocycles. The second-order valence-electron chi connectivity index (χ2n) is 19.2. The van der Waals surface area contributed by atoms with Crippen molar-refractivity contribution >= 4 is 17.9 Å². The first-order valence-corrected chi connectivity index (χ1v) is 29.2. The number of rotatable bonds is 52. The van der Waals surface area contributed by atoms with Gasteiger partial charge in [-0.05, 0) is 109 Å². The largest absolute Gasteiger partial charge is 0.462 e. The van der Waals surface area contributed by atoms with Crippen LogP contribution < -0.4 is 0 Å². The molecular formula is C64H108O6. The molecule has 0 aliphatic heterocycles. The maximum absolute atomic E-state index is 12.9. The Morgan fingerprint density at radius 3 is 0.957 bits per heavy atom. The first-order chi connectivity index (χ1) is 34.5. The summed E-state index contributed by atoms with van der Waals surface area (Å²) in [7, 11) is 0. The highest BCUT2D eigenvalue weighted by atomic mass is 16.6. The SMILES string of the molecule is CC/C=C\C/C=C\C/C=C\C/C=C\C/C=C\C/C=C\CCC(=O)OCC(COC(=O)CCCCCCC/C=C\CCCCCCCCC)OC(=O)CCCCCCCCC/C=C\CCCCCCCC. The van der Waals surface area contributed by atoms with Crippen LogP contribution in [-0.2, 0) is 28.6 Å². The maximum atomic E-state index is 12.9. The number of carbonyl (C=O) groups excluding carboxylic acids is 3. The first kappa shape index (κ1) is 66.3. The molecule has 0 aromatic heterocycles. The molecule has 0 heterocycles. The molecule has 6 nitrogen and oxygen atoms in total. The minimum absolute atomic E-state index is 0.107. The molecule has 0 saturated heterocycles. The molecule has 0 fully saturated rings. The second kappa shape index (κ2) is 57.9. The zero-order chi connectivity index (χ0) is 50.7. The van der Waals surface area contributed by atoms with E-state index in [0.29, 0.717) is 19.3 Å². The third kappa shape index (κ3) is 55.3. The summed E-state index contributed by atoms with van der Waals surface area (Å²) in [6.07, 6.45) is 76.9. The lowest BCUT2D eigenvalue weighted by Crippen LogP contribution is -2.30. The minimum Gasteiger partial charge on any atom is -0.462 e. The van der Waals surface area contributed by atoms with Crippen LogP contribution >= 0.6 is 0 Å². The Kier molecular flexibility index (Phi) is 54.9. The molecule has 1 unspecified atom stereocenters. The van der Waals surface area contributed by atoms with Crippen LogP contribution in [0.2, 0.25) is 0 Å². The van der Waals surface area contributed by atoms with Gasteiger partial charge >= 0.3 is 17.9 Å². The van der Waals surface area contributed by atoms with Gasteiger partial charge in [-0.3, -0.25) is 14.4 Å². The van der Waals surface area contributed by atoms with Gasteiger partial charge in [0.2, 0.25) is 0 Å². The molecule has 0 aromatic rings. The summed E-state index contributed by atoms with van der Waals surface area (Å²) in [6, 6.07) is 0. The number of unbranched alkanes of at least 4 members (excludes halogenated alkanes) is 25. The van der Waals surface area contributed by atoms with Gasteiger partial charge in [0.25, 0.3) is 0 Å². The van der Waals surface area contributed by atoms with Crippen LogP contribution in [0.25, 0.3) is 0 Å². The van der Waals surface area contributed by atoms with Crippen LogP contribution in [0.4, 0.5) is 0 Å². The summed E-state index contributed by atoms with van der Waals surface area (Å²) in [4.78, 5) is 38.2. The van der Waals surface area contributed by atoms with Gasteiger partial charge in [-0.25, -0.2) is 0 Å². The normalized spacial score (nSPS) is 12.8. The monoisotopic (exact) mass is 973 g/mol. The van der Waals surface area contributed by atoms with E-state index in [9.17, 15) is 14.4 Å². The van der Waals surface area contributed by atoms with Gasteiger partial charge < -0.3 is 14.2 Å². The third-order valence-corrected chi connectivity index (χ3v) is 12.3. The van der Waals surface area contributed by atoms with E-state index in [-0.39, 0.29) is 37.5 Å². The predicted octanol–water partition coefficient (Wildman–Crippen LogP) is 19.7. The topological polar surface area (TPSA) is 78.9 Å². The standard InChI is InChI=1S/C64H108O6/c1-4-7-10-13-16-19-22-25-28-31-32-34-36-39-42-45-48-51-54-57-63(66)69-60-61(59-68-62(65)56-53-50-47-44-41-38-35-30-27-24-21-18-15-12-9-6-3)70-64(67)58-55-52-49-46-43-40-37-33-29-26-23-20-17-14-11-8-5-2/h7,10,16,19,25-26,28-30,32,34-35,39,42,48,51,61H,4-6,8-9,11-15,17-18,20-24,27,31,33,36-38,40-41,43-47,49-50,52-60H2,1-3H3/b10-7-,19-16-,28-25-,29-26-,34-32-,35-30-,42-39-,51-48-. The van der Waals surface area contributed by atoms with E-state index in [2.05, 4.69) is 112 Å². The van der Waals surface area contributed by atoms with Crippen molar-refractivity contribution in [2.24, 2.45) is 0 Å². The van der Waals surface area contributed by atoms with E-state index in [1.54, 1.807) is 0 Å². The summed E-state index contributed by atoms with van der Waals surface area (Å²) in [6.45, 7) is 6.46. The molecule has 400 valence electrons. The van der Waals surface area contributed by atoms with Crippen molar-refractivity contribution in [2.45, 2.75) is 277 Å². The molecule has 0 aliphatic rings. The lowest BCUT2D eigenvalue weighted by molar-refractivity contribution is -0.166. The predicted molar refractivity (Wildman–Crippen MR) is 302 cm³/mol. The summed E-state index contributed by atoms with van der Waals surface area (Å²) in [5.41, 5.74) is 0. The molecule has 0 bridgehead atoms. The van der Waals surface area contributed by atoms with Crippen LogP contribution in [0.1, 0.15) is 271 Å². The van der Waals surface area contributed by atoms with Crippen molar-refractivity contribution in [1.82, 2.24) is 0 Å². The minimum atomic E-state index is -0.815. The van der Waals surface area contributed by atoms with Gasteiger partial charge in [-0.2, -0.15) is 0 Å². The molecule has 1 atom stereocenters. The molecule has 0 amide bonds. The average Bonchev–Trinajstić information content (AvgIpc) is 3.36. The highest BCUT2D eigenvalue weighted by Gasteiger charge is 2.19. The molecule has 0 spiro atoms. The number of esters is 3. The lowest BCUT2D eigenvalue weighted by atomic mass is 10.1. The summed E-state index contributed by atoms with van der Waals surface area (Å²) in [5.74, 6) is -1.00. The van der Waals surface area contributed by atoms with E-state index in [1.165, 1.54) is 135 Å². The fourth-order valence-corrected chi connectivity index (χ4v) is 7.93. The number of carbonyl (C=O) groups is 3. The van der Waals surface area contributed by atoms with E-state index in [1.807, 2.05) is 6.08 Å². The first-order valence-electron chi connectivity index (χ1n) is 29.2. The fraction of sp³-hybridized carbons (Fsp3) is 0.703. The molecular weight excluding hydrogens is 865 g/mol. The molecule has 0 radical (unpaired) electrons. The zero-order valence-corrected chi connectivity index (χ0v) is 45.8. The molecule has 0 saturated carbocycles. The second-order valence-corrected chi connectivity index (χ2v) is 19.2. The summed E-state index contributed by atoms with van der Waals surface area (Å²) in [5, 5.41) is 0. The number of hydrogen-bond acceptors (Lipinski definition) is 6. The Labute approximate surface area is 432 Å². The third-order valence-electron chi connectivity index (χ3n) is 12.3. The van der Waals surface area contributed by atoms with Crippen LogP contribution in [0, 0.1) is 0 Å². The Hall–Kier alpha value is -3.67. The van der Waals surface area contributed by atoms with Crippen LogP contribution in [0.15, 0.2) is 97.2 Å². The van der Waals surface area contributed by atoms with Gasteiger partial charge in [0.05, 0.1) is 0 Å². The molecule has 0 N–H and O–H groups in total. The number of hydrogen-bond donors (Lipinski definition) is 0. The van der Waals surface area contributed by atoms with Crippen molar-refractivity contribution in [3.8, 4) is 0 Å². The molecule has 0 rings (SSSR count). The Bertz CT molecular complexity index is 1400. The Morgan fingerprint density at radius 1 is 0.300 bits per heavy atom. The van der Waals surface area contributed by atoms with Crippen LogP contribution in [0.3, 0.4) is 0 Å². The molecule has 0 aliphatic carbocycles. The van der Waals surface area contributed by atoms with E-state index in [4.69, 9.17) is 14.2 Å². The Balaban J connectivity index is 4.51. The quantitative estimate of drug-likeness (QED) is 0.0262. The van der Waals surface area contributed by atoms with Crippen molar-refractivity contribution in [1.29, 1.82) is 0 Å². The molecule has 6 heteroatoms. The van der Waals surface area contributed by atoms with Crippen molar-refractivity contribution in [3.05, 3.63) is 97.2 Å². The smallest absolute Gasteiger partial charge is 0.306 e. The van der Waals surface area contributed by atoms with Gasteiger partial charge in [0, 0.05) is 19.3 Å². The van der Waals surface area contributed by atoms with Crippen molar-refractivity contribution in [2.75, 3.05) is 13.2 Å².